The van der Waals surface area contributed by atoms with Gasteiger partial charge in [-0.15, -0.1) is 10.2 Å². The Morgan fingerprint density at radius 2 is 2.31 bits per heavy atom. The van der Waals surface area contributed by atoms with E-state index in [4.69, 9.17) is 5.73 Å². The van der Waals surface area contributed by atoms with Gasteiger partial charge in [0.1, 0.15) is 6.33 Å². The van der Waals surface area contributed by atoms with E-state index in [0.29, 0.717) is 6.54 Å². The van der Waals surface area contributed by atoms with Crippen molar-refractivity contribution in [3.63, 3.8) is 0 Å². The minimum absolute atomic E-state index is 0.612. The lowest BCUT2D eigenvalue weighted by Gasteiger charge is -2.08. The average molecular weight is 329 g/mol. The Kier molecular flexibility index (Phi) is 3.28. The first-order valence-corrected chi connectivity index (χ1v) is 5.86. The van der Waals surface area contributed by atoms with Gasteiger partial charge in [-0.1, -0.05) is 0 Å². The number of halogens is 1. The van der Waals surface area contributed by atoms with Crippen LogP contribution >= 0.6 is 22.6 Å². The van der Waals surface area contributed by atoms with Crippen molar-refractivity contribution in [3.8, 4) is 0 Å². The molecule has 0 unspecified atom stereocenters. The Bertz CT molecular complexity index is 494. The molecule has 3 N–H and O–H groups in total. The topological polar surface area (TPSA) is 68.8 Å². The Morgan fingerprint density at radius 1 is 1.50 bits per heavy atom. The SMILES string of the molecule is Cn1cnnc1CNc1ccc(I)cc1N. The second kappa shape index (κ2) is 4.69. The monoisotopic (exact) mass is 329 g/mol. The molecule has 0 atom stereocenters. The average Bonchev–Trinajstić information content (AvgIpc) is 2.63. The molecule has 1 aromatic carbocycles. The van der Waals surface area contributed by atoms with Crippen molar-refractivity contribution in [1.29, 1.82) is 0 Å². The highest BCUT2D eigenvalue weighted by molar-refractivity contribution is 14.1. The molecule has 1 aromatic heterocycles. The lowest BCUT2D eigenvalue weighted by Crippen LogP contribution is -2.07. The van der Waals surface area contributed by atoms with Crippen molar-refractivity contribution in [2.24, 2.45) is 7.05 Å². The third kappa shape index (κ3) is 2.43. The van der Waals surface area contributed by atoms with E-state index in [1.54, 1.807) is 6.33 Å². The second-order valence-electron chi connectivity index (χ2n) is 3.44. The molecule has 5 nitrogen and oxygen atoms in total. The fourth-order valence-corrected chi connectivity index (χ4v) is 1.85. The fourth-order valence-electron chi connectivity index (χ4n) is 1.34. The number of hydrogen-bond acceptors (Lipinski definition) is 4. The normalized spacial score (nSPS) is 10.4. The maximum Gasteiger partial charge on any atom is 0.151 e. The molecule has 1 heterocycles. The molecule has 0 spiro atoms. The number of nitrogens with one attached hydrogen (secondary N) is 1. The smallest absolute Gasteiger partial charge is 0.151 e. The standard InChI is InChI=1S/C10H12IN5/c1-16-6-14-15-10(16)5-13-9-3-2-7(11)4-8(9)12/h2-4,6,13H,5,12H2,1H3. The molecular formula is C10H12IN5. The zero-order valence-corrected chi connectivity index (χ0v) is 11.0. The van der Waals surface area contributed by atoms with E-state index in [1.807, 2.05) is 29.8 Å². The van der Waals surface area contributed by atoms with Crippen molar-refractivity contribution in [3.05, 3.63) is 33.9 Å². The van der Waals surface area contributed by atoms with E-state index in [9.17, 15) is 0 Å². The molecule has 0 radical (unpaired) electrons. The Balaban J connectivity index is 2.08. The maximum absolute atomic E-state index is 5.89. The first-order chi connectivity index (χ1) is 7.66. The molecule has 0 aliphatic carbocycles. The summed E-state index contributed by atoms with van der Waals surface area (Å²) < 4.78 is 3.00. The summed E-state index contributed by atoms with van der Waals surface area (Å²) in [5.41, 5.74) is 7.55. The van der Waals surface area contributed by atoms with Crippen LogP contribution in [-0.4, -0.2) is 14.8 Å². The number of anilines is 2. The Morgan fingerprint density at radius 3 is 2.94 bits per heavy atom. The van der Waals surface area contributed by atoms with Crippen LogP contribution in [0.1, 0.15) is 5.82 Å². The molecule has 0 saturated carbocycles. The van der Waals surface area contributed by atoms with Gasteiger partial charge in [0.2, 0.25) is 0 Å². The van der Waals surface area contributed by atoms with Gasteiger partial charge in [-0.2, -0.15) is 0 Å². The van der Waals surface area contributed by atoms with Crippen LogP contribution in [0.3, 0.4) is 0 Å². The third-order valence-electron chi connectivity index (χ3n) is 2.26. The highest BCUT2D eigenvalue weighted by Crippen LogP contribution is 2.21. The zero-order chi connectivity index (χ0) is 11.5. The van der Waals surface area contributed by atoms with Crippen LogP contribution in [0.15, 0.2) is 24.5 Å². The van der Waals surface area contributed by atoms with Crippen LogP contribution in [0, 0.1) is 3.57 Å². The molecule has 0 aliphatic heterocycles. The molecule has 2 rings (SSSR count). The van der Waals surface area contributed by atoms with Crippen LogP contribution in [0.5, 0.6) is 0 Å². The first-order valence-electron chi connectivity index (χ1n) is 4.78. The van der Waals surface area contributed by atoms with Crippen molar-refractivity contribution in [2.45, 2.75) is 6.54 Å². The van der Waals surface area contributed by atoms with E-state index < -0.39 is 0 Å². The number of nitrogens with zero attached hydrogens (tertiary/aromatic N) is 3. The summed E-state index contributed by atoms with van der Waals surface area (Å²) in [6.45, 7) is 0.612. The molecule has 6 heteroatoms. The molecule has 0 fully saturated rings. The van der Waals surface area contributed by atoms with Gasteiger partial charge in [0.15, 0.2) is 5.82 Å². The van der Waals surface area contributed by atoms with Gasteiger partial charge in [0, 0.05) is 10.6 Å². The van der Waals surface area contributed by atoms with Gasteiger partial charge >= 0.3 is 0 Å². The molecule has 0 bridgehead atoms. The van der Waals surface area contributed by atoms with Crippen molar-refractivity contribution in [1.82, 2.24) is 14.8 Å². The molecule has 0 amide bonds. The van der Waals surface area contributed by atoms with Crippen LogP contribution in [0.25, 0.3) is 0 Å². The van der Waals surface area contributed by atoms with Gasteiger partial charge in [-0.3, -0.25) is 0 Å². The molecule has 0 saturated heterocycles. The maximum atomic E-state index is 5.89. The minimum Gasteiger partial charge on any atom is -0.397 e. The van der Waals surface area contributed by atoms with Gasteiger partial charge in [-0.05, 0) is 40.8 Å². The van der Waals surface area contributed by atoms with Crippen molar-refractivity contribution >= 4 is 34.0 Å². The van der Waals surface area contributed by atoms with Crippen LogP contribution < -0.4 is 11.1 Å². The summed E-state index contributed by atoms with van der Waals surface area (Å²) >= 11 is 2.23. The van der Waals surface area contributed by atoms with E-state index in [2.05, 4.69) is 38.1 Å². The van der Waals surface area contributed by atoms with Crippen molar-refractivity contribution in [2.75, 3.05) is 11.1 Å². The number of hydrogen-bond donors (Lipinski definition) is 2. The minimum atomic E-state index is 0.612. The molecule has 0 aliphatic rings. The number of aromatic nitrogens is 3. The molecule has 84 valence electrons. The van der Waals surface area contributed by atoms with Crippen LogP contribution in [-0.2, 0) is 13.6 Å². The summed E-state index contributed by atoms with van der Waals surface area (Å²) in [6.07, 6.45) is 1.67. The van der Waals surface area contributed by atoms with Crippen LogP contribution in [0.2, 0.25) is 0 Å². The van der Waals surface area contributed by atoms with E-state index in [1.165, 1.54) is 0 Å². The number of nitrogens with two attached hydrogens (primary N) is 1. The lowest BCUT2D eigenvalue weighted by molar-refractivity contribution is 0.812. The predicted octanol–water partition coefficient (Wildman–Crippen LogP) is 1.61. The highest BCUT2D eigenvalue weighted by Gasteiger charge is 2.02. The van der Waals surface area contributed by atoms with Gasteiger partial charge in [0.05, 0.1) is 17.9 Å². The second-order valence-corrected chi connectivity index (χ2v) is 4.69. The number of nitrogen functional groups attached to an aromatic ring is 1. The summed E-state index contributed by atoms with van der Waals surface area (Å²) in [5, 5.41) is 11.0. The summed E-state index contributed by atoms with van der Waals surface area (Å²) in [4.78, 5) is 0. The largest absolute Gasteiger partial charge is 0.397 e. The number of aryl methyl sites for hydroxylation is 1. The summed E-state index contributed by atoms with van der Waals surface area (Å²) in [5.74, 6) is 0.873. The zero-order valence-electron chi connectivity index (χ0n) is 8.81. The van der Waals surface area contributed by atoms with Gasteiger partial charge in [0.25, 0.3) is 0 Å². The predicted molar refractivity (Wildman–Crippen MR) is 71.9 cm³/mol. The summed E-state index contributed by atoms with van der Waals surface area (Å²) in [7, 11) is 1.91. The van der Waals surface area contributed by atoms with E-state index >= 15 is 0 Å². The fraction of sp³-hybridized carbons (Fsp3) is 0.200. The highest BCUT2D eigenvalue weighted by atomic mass is 127. The van der Waals surface area contributed by atoms with Gasteiger partial charge < -0.3 is 15.6 Å². The van der Waals surface area contributed by atoms with E-state index in [-0.39, 0.29) is 0 Å². The summed E-state index contributed by atoms with van der Waals surface area (Å²) in [6, 6.07) is 5.91. The van der Waals surface area contributed by atoms with Gasteiger partial charge in [-0.25, -0.2) is 0 Å². The van der Waals surface area contributed by atoms with Crippen molar-refractivity contribution < 1.29 is 0 Å². The number of benzene rings is 1. The molecular weight excluding hydrogens is 317 g/mol. The first kappa shape index (κ1) is 11.2. The Hall–Kier alpha value is -1.31. The quantitative estimate of drug-likeness (QED) is 0.663. The Labute approximate surface area is 107 Å². The van der Waals surface area contributed by atoms with E-state index in [0.717, 1.165) is 20.8 Å². The molecule has 2 aromatic rings. The lowest BCUT2D eigenvalue weighted by atomic mass is 10.2. The number of rotatable bonds is 3. The van der Waals surface area contributed by atoms with Crippen LogP contribution in [0.4, 0.5) is 11.4 Å². The molecule has 16 heavy (non-hydrogen) atoms. The third-order valence-corrected chi connectivity index (χ3v) is 2.93.